The van der Waals surface area contributed by atoms with Crippen LogP contribution in [0.25, 0.3) is 0 Å². The first-order chi connectivity index (χ1) is 8.58. The lowest BCUT2D eigenvalue weighted by atomic mass is 10.1. The topological polar surface area (TPSA) is 58.6 Å². The number of rotatable bonds is 6. The lowest BCUT2D eigenvalue weighted by Crippen LogP contribution is -2.38. The predicted molar refractivity (Wildman–Crippen MR) is 76.7 cm³/mol. The monoisotopic (exact) mass is 379 g/mol. The zero-order valence-corrected chi connectivity index (χ0v) is 13.1. The molecule has 2 N–H and O–H groups in total. The molecule has 0 saturated heterocycles. The summed E-state index contributed by atoms with van der Waals surface area (Å²) >= 11 is 6.68. The molecule has 1 aromatic rings. The van der Waals surface area contributed by atoms with Crippen LogP contribution < -0.4 is 5.32 Å². The summed E-state index contributed by atoms with van der Waals surface area (Å²) < 4.78 is 6.61. The lowest BCUT2D eigenvalue weighted by molar-refractivity contribution is 0.0878. The zero-order chi connectivity index (χ0) is 13.5. The quantitative estimate of drug-likeness (QED) is 0.796. The first kappa shape index (κ1) is 15.6. The highest BCUT2D eigenvalue weighted by atomic mass is 79.9. The predicted octanol–water partition coefficient (Wildman–Crippen LogP) is 2.34. The number of methoxy groups -OCH3 is 1. The van der Waals surface area contributed by atoms with Gasteiger partial charge in [0.25, 0.3) is 5.91 Å². The average Bonchev–Trinajstić information content (AvgIpc) is 2.29. The molecule has 0 aliphatic rings. The Balaban J connectivity index is 2.73. The minimum absolute atomic E-state index is 0.00974. The largest absolute Gasteiger partial charge is 0.396 e. The van der Waals surface area contributed by atoms with Gasteiger partial charge in [0.2, 0.25) is 0 Å². The van der Waals surface area contributed by atoms with Crippen molar-refractivity contribution in [3.63, 3.8) is 0 Å². The van der Waals surface area contributed by atoms with Crippen molar-refractivity contribution in [1.82, 2.24) is 5.32 Å². The van der Waals surface area contributed by atoms with Gasteiger partial charge in [-0.05, 0) is 40.5 Å². The summed E-state index contributed by atoms with van der Waals surface area (Å²) in [7, 11) is 1.56. The first-order valence-electron chi connectivity index (χ1n) is 5.44. The molecule has 1 aromatic carbocycles. The highest BCUT2D eigenvalue weighted by Gasteiger charge is 2.15. The van der Waals surface area contributed by atoms with Gasteiger partial charge in [-0.2, -0.15) is 0 Å². The Kier molecular flexibility index (Phi) is 6.85. The van der Waals surface area contributed by atoms with Crippen molar-refractivity contribution in [3.8, 4) is 0 Å². The van der Waals surface area contributed by atoms with Crippen molar-refractivity contribution in [2.45, 2.75) is 12.5 Å². The number of aliphatic hydroxyl groups excluding tert-OH is 1. The Morgan fingerprint density at radius 2 is 2.22 bits per heavy atom. The number of aliphatic hydroxyl groups is 1. The fraction of sp³-hybridized carbons (Fsp3) is 0.417. The molecular formula is C12H15Br2NO3. The smallest absolute Gasteiger partial charge is 0.252 e. The number of amides is 1. The van der Waals surface area contributed by atoms with Crippen molar-refractivity contribution in [1.29, 1.82) is 0 Å². The highest BCUT2D eigenvalue weighted by Crippen LogP contribution is 2.21. The maximum atomic E-state index is 12.0. The molecule has 0 spiro atoms. The Morgan fingerprint density at radius 1 is 1.50 bits per heavy atom. The number of hydrogen-bond donors (Lipinski definition) is 2. The van der Waals surface area contributed by atoms with Crippen LogP contribution in [0.2, 0.25) is 0 Å². The van der Waals surface area contributed by atoms with E-state index in [4.69, 9.17) is 9.84 Å². The fourth-order valence-electron chi connectivity index (χ4n) is 1.49. The standard InChI is InChI=1S/C12H15Br2NO3/c1-18-7-9(4-5-16)15-12(17)10-3-2-8(13)6-11(10)14/h2-3,6,9,16H,4-5,7H2,1H3,(H,15,17). The molecule has 100 valence electrons. The molecule has 0 bridgehead atoms. The molecule has 0 heterocycles. The van der Waals surface area contributed by atoms with Crippen LogP contribution in [-0.2, 0) is 4.74 Å². The summed E-state index contributed by atoms with van der Waals surface area (Å²) in [6, 6.07) is 5.15. The van der Waals surface area contributed by atoms with Gasteiger partial charge in [-0.15, -0.1) is 0 Å². The van der Waals surface area contributed by atoms with Crippen LogP contribution >= 0.6 is 31.9 Å². The number of carbonyl (C=O) groups excluding carboxylic acids is 1. The van der Waals surface area contributed by atoms with Gasteiger partial charge in [-0.1, -0.05) is 15.9 Å². The summed E-state index contributed by atoms with van der Waals surface area (Å²) in [5, 5.41) is 11.7. The van der Waals surface area contributed by atoms with E-state index in [1.165, 1.54) is 0 Å². The van der Waals surface area contributed by atoms with E-state index in [2.05, 4.69) is 37.2 Å². The Hall–Kier alpha value is -0.430. The van der Waals surface area contributed by atoms with Gasteiger partial charge in [0.05, 0.1) is 18.2 Å². The van der Waals surface area contributed by atoms with E-state index in [1.54, 1.807) is 19.2 Å². The number of halogens is 2. The Morgan fingerprint density at radius 3 is 2.78 bits per heavy atom. The normalized spacial score (nSPS) is 12.2. The van der Waals surface area contributed by atoms with Crippen molar-refractivity contribution in [2.75, 3.05) is 20.3 Å². The summed E-state index contributed by atoms with van der Waals surface area (Å²) in [6.07, 6.45) is 0.466. The molecule has 18 heavy (non-hydrogen) atoms. The van der Waals surface area contributed by atoms with E-state index in [9.17, 15) is 4.79 Å². The van der Waals surface area contributed by atoms with Gasteiger partial charge in [-0.25, -0.2) is 0 Å². The van der Waals surface area contributed by atoms with Crippen LogP contribution in [0.5, 0.6) is 0 Å². The number of benzene rings is 1. The minimum atomic E-state index is -0.192. The number of ether oxygens (including phenoxy) is 1. The van der Waals surface area contributed by atoms with Crippen LogP contribution in [0.1, 0.15) is 16.8 Å². The van der Waals surface area contributed by atoms with Gasteiger partial charge in [0, 0.05) is 22.7 Å². The first-order valence-corrected chi connectivity index (χ1v) is 7.02. The molecule has 0 saturated carbocycles. The molecule has 4 nitrogen and oxygen atoms in total. The highest BCUT2D eigenvalue weighted by molar-refractivity contribution is 9.11. The van der Waals surface area contributed by atoms with Gasteiger partial charge < -0.3 is 15.2 Å². The van der Waals surface area contributed by atoms with Crippen LogP contribution in [-0.4, -0.2) is 37.4 Å². The SMILES string of the molecule is COCC(CCO)NC(=O)c1ccc(Br)cc1Br. The average molecular weight is 381 g/mol. The van der Waals surface area contributed by atoms with Gasteiger partial charge in [0.15, 0.2) is 0 Å². The van der Waals surface area contributed by atoms with E-state index in [1.807, 2.05) is 6.07 Å². The summed E-state index contributed by atoms with van der Waals surface area (Å²) in [6.45, 7) is 0.385. The lowest BCUT2D eigenvalue weighted by Gasteiger charge is -2.17. The third kappa shape index (κ3) is 4.68. The van der Waals surface area contributed by atoms with Crippen molar-refractivity contribution < 1.29 is 14.6 Å². The Labute approximate surface area is 123 Å². The third-order valence-electron chi connectivity index (χ3n) is 2.36. The van der Waals surface area contributed by atoms with E-state index >= 15 is 0 Å². The second kappa shape index (κ2) is 7.89. The number of nitrogens with one attached hydrogen (secondary N) is 1. The van der Waals surface area contributed by atoms with E-state index < -0.39 is 0 Å². The van der Waals surface area contributed by atoms with Gasteiger partial charge >= 0.3 is 0 Å². The molecule has 0 aliphatic carbocycles. The van der Waals surface area contributed by atoms with Gasteiger partial charge in [0.1, 0.15) is 0 Å². The van der Waals surface area contributed by atoms with Crippen LogP contribution in [0.15, 0.2) is 27.1 Å². The molecular weight excluding hydrogens is 366 g/mol. The molecule has 1 atom stereocenters. The molecule has 0 aliphatic heterocycles. The third-order valence-corrected chi connectivity index (χ3v) is 3.51. The maximum absolute atomic E-state index is 12.0. The summed E-state index contributed by atoms with van der Waals surface area (Å²) in [5.41, 5.74) is 0.553. The molecule has 1 rings (SSSR count). The number of hydrogen-bond acceptors (Lipinski definition) is 3. The van der Waals surface area contributed by atoms with Crippen molar-refractivity contribution >= 4 is 37.8 Å². The molecule has 1 unspecified atom stereocenters. The molecule has 1 amide bonds. The zero-order valence-electron chi connectivity index (χ0n) is 9.95. The van der Waals surface area contributed by atoms with Gasteiger partial charge in [-0.3, -0.25) is 4.79 Å². The molecule has 0 radical (unpaired) electrons. The van der Waals surface area contributed by atoms with E-state index in [0.717, 1.165) is 8.95 Å². The van der Waals surface area contributed by atoms with E-state index in [0.29, 0.717) is 18.6 Å². The molecule has 0 fully saturated rings. The number of carbonyl (C=O) groups is 1. The minimum Gasteiger partial charge on any atom is -0.396 e. The summed E-state index contributed by atoms with van der Waals surface area (Å²) in [4.78, 5) is 12.0. The van der Waals surface area contributed by atoms with Crippen molar-refractivity contribution in [3.05, 3.63) is 32.7 Å². The van der Waals surface area contributed by atoms with Crippen LogP contribution in [0, 0.1) is 0 Å². The van der Waals surface area contributed by atoms with Crippen LogP contribution in [0.3, 0.4) is 0 Å². The molecule has 0 aromatic heterocycles. The van der Waals surface area contributed by atoms with Crippen molar-refractivity contribution in [2.24, 2.45) is 0 Å². The molecule has 6 heteroatoms. The van der Waals surface area contributed by atoms with E-state index in [-0.39, 0.29) is 18.6 Å². The second-order valence-corrected chi connectivity index (χ2v) is 5.53. The fourth-order valence-corrected chi connectivity index (χ4v) is 2.72. The maximum Gasteiger partial charge on any atom is 0.252 e. The van der Waals surface area contributed by atoms with Crippen LogP contribution in [0.4, 0.5) is 0 Å². The Bertz CT molecular complexity index is 406. The second-order valence-electron chi connectivity index (χ2n) is 3.76. The summed E-state index contributed by atoms with van der Waals surface area (Å²) in [5.74, 6) is -0.190.